The fraction of sp³-hybridized carbons (Fsp3) is 0.400. The average molecular weight is 258 g/mol. The maximum Gasteiger partial charge on any atom is 0.306 e. The Kier molecular flexibility index (Phi) is 2.93. The number of anilines is 1. The number of aliphatic carboxylic acids is 1. The highest BCUT2D eigenvalue weighted by molar-refractivity contribution is 5.84. The first-order valence-electron chi connectivity index (χ1n) is 6.68. The lowest BCUT2D eigenvalue weighted by molar-refractivity contribution is -0.142. The molecule has 1 aromatic carbocycles. The summed E-state index contributed by atoms with van der Waals surface area (Å²) in [7, 11) is 2.04. The number of benzene rings is 1. The molecule has 0 saturated carbocycles. The van der Waals surface area contributed by atoms with Crippen LogP contribution in [0.1, 0.15) is 12.8 Å². The molecule has 2 aromatic rings. The average Bonchev–Trinajstić information content (AvgIpc) is 2.80. The Hall–Kier alpha value is -1.97. The van der Waals surface area contributed by atoms with Crippen molar-refractivity contribution in [3.63, 3.8) is 0 Å². The third-order valence-corrected chi connectivity index (χ3v) is 4.08. The van der Waals surface area contributed by atoms with E-state index in [2.05, 4.69) is 39.9 Å². The van der Waals surface area contributed by atoms with Crippen molar-refractivity contribution in [2.45, 2.75) is 12.8 Å². The topological polar surface area (TPSA) is 45.5 Å². The third kappa shape index (κ3) is 2.18. The first-order chi connectivity index (χ1) is 9.15. The largest absolute Gasteiger partial charge is 0.481 e. The lowest BCUT2D eigenvalue weighted by Gasteiger charge is -2.32. The van der Waals surface area contributed by atoms with E-state index in [0.717, 1.165) is 25.9 Å². The van der Waals surface area contributed by atoms with Crippen molar-refractivity contribution in [2.75, 3.05) is 18.0 Å². The molecule has 19 heavy (non-hydrogen) atoms. The number of fused-ring (bicyclic) bond motifs is 1. The van der Waals surface area contributed by atoms with Crippen molar-refractivity contribution < 1.29 is 9.90 Å². The number of carbonyl (C=O) groups is 1. The Morgan fingerprint density at radius 3 is 2.68 bits per heavy atom. The molecule has 3 rings (SSSR count). The number of nitrogens with zero attached hydrogens (tertiary/aromatic N) is 2. The Bertz CT molecular complexity index is 610. The summed E-state index contributed by atoms with van der Waals surface area (Å²) in [5, 5.41) is 10.3. The second-order valence-corrected chi connectivity index (χ2v) is 5.27. The van der Waals surface area contributed by atoms with Crippen molar-refractivity contribution >= 4 is 22.6 Å². The predicted octanol–water partition coefficient (Wildman–Crippen LogP) is 2.48. The smallest absolute Gasteiger partial charge is 0.306 e. The second kappa shape index (κ2) is 4.61. The summed E-state index contributed by atoms with van der Waals surface area (Å²) in [6.45, 7) is 1.66. The Balaban J connectivity index is 1.80. The van der Waals surface area contributed by atoms with Crippen molar-refractivity contribution in [1.29, 1.82) is 0 Å². The van der Waals surface area contributed by atoms with Crippen molar-refractivity contribution in [1.82, 2.24) is 4.57 Å². The molecule has 0 spiro atoms. The Morgan fingerprint density at radius 2 is 2.00 bits per heavy atom. The number of aryl methyl sites for hydroxylation is 1. The fourth-order valence-corrected chi connectivity index (χ4v) is 2.85. The van der Waals surface area contributed by atoms with Gasteiger partial charge >= 0.3 is 5.97 Å². The van der Waals surface area contributed by atoms with Gasteiger partial charge < -0.3 is 14.6 Å². The first kappa shape index (κ1) is 12.1. The molecule has 1 aromatic heterocycles. The molecule has 1 fully saturated rings. The quantitative estimate of drug-likeness (QED) is 0.900. The molecule has 2 heterocycles. The van der Waals surface area contributed by atoms with Crippen LogP contribution < -0.4 is 4.90 Å². The van der Waals surface area contributed by atoms with E-state index in [0.29, 0.717) is 0 Å². The fourth-order valence-electron chi connectivity index (χ4n) is 2.85. The highest BCUT2D eigenvalue weighted by Crippen LogP contribution is 2.27. The number of rotatable bonds is 2. The molecule has 0 atom stereocenters. The second-order valence-electron chi connectivity index (χ2n) is 5.27. The molecule has 4 nitrogen and oxygen atoms in total. The Labute approximate surface area is 112 Å². The van der Waals surface area contributed by atoms with Gasteiger partial charge in [-0.2, -0.15) is 0 Å². The molecule has 0 amide bonds. The highest BCUT2D eigenvalue weighted by Gasteiger charge is 2.24. The van der Waals surface area contributed by atoms with Crippen molar-refractivity contribution in [3.8, 4) is 0 Å². The van der Waals surface area contributed by atoms with Crippen LogP contribution >= 0.6 is 0 Å². The van der Waals surface area contributed by atoms with Gasteiger partial charge in [0, 0.05) is 42.9 Å². The van der Waals surface area contributed by atoms with Gasteiger partial charge in [-0.1, -0.05) is 0 Å². The van der Waals surface area contributed by atoms with E-state index < -0.39 is 5.97 Å². The van der Waals surface area contributed by atoms with Crippen molar-refractivity contribution in [3.05, 3.63) is 30.5 Å². The number of piperidine rings is 1. The molecule has 0 radical (unpaired) electrons. The van der Waals surface area contributed by atoms with Gasteiger partial charge in [-0.05, 0) is 37.1 Å². The molecular weight excluding hydrogens is 240 g/mol. The minimum Gasteiger partial charge on any atom is -0.481 e. The maximum atomic E-state index is 11.0. The minimum absolute atomic E-state index is 0.170. The minimum atomic E-state index is -0.654. The van der Waals surface area contributed by atoms with E-state index in [-0.39, 0.29) is 5.92 Å². The van der Waals surface area contributed by atoms with Gasteiger partial charge in [0.1, 0.15) is 0 Å². The van der Waals surface area contributed by atoms with Gasteiger partial charge in [-0.3, -0.25) is 4.79 Å². The van der Waals surface area contributed by atoms with E-state index in [1.165, 1.54) is 16.6 Å². The van der Waals surface area contributed by atoms with Gasteiger partial charge in [0.25, 0.3) is 0 Å². The lowest BCUT2D eigenvalue weighted by atomic mass is 9.96. The van der Waals surface area contributed by atoms with Crippen LogP contribution in [0, 0.1) is 5.92 Å². The number of carboxylic acid groups (broad SMARTS) is 1. The molecule has 4 heteroatoms. The first-order valence-corrected chi connectivity index (χ1v) is 6.68. The van der Waals surface area contributed by atoms with Crippen LogP contribution in [0.5, 0.6) is 0 Å². The number of carboxylic acids is 1. The number of hydrogen-bond donors (Lipinski definition) is 1. The van der Waals surface area contributed by atoms with Crippen LogP contribution in [0.15, 0.2) is 30.5 Å². The molecule has 0 unspecified atom stereocenters. The van der Waals surface area contributed by atoms with Crippen LogP contribution in [0.25, 0.3) is 10.9 Å². The normalized spacial score (nSPS) is 17.0. The Morgan fingerprint density at radius 1 is 1.26 bits per heavy atom. The SMILES string of the molecule is Cn1ccc2cc(N3CCC(C(=O)O)CC3)ccc21. The van der Waals surface area contributed by atoms with Gasteiger partial charge in [-0.15, -0.1) is 0 Å². The van der Waals surface area contributed by atoms with E-state index in [4.69, 9.17) is 5.11 Å². The summed E-state index contributed by atoms with van der Waals surface area (Å²) in [6, 6.07) is 8.57. The lowest BCUT2D eigenvalue weighted by Crippen LogP contribution is -2.36. The molecule has 1 saturated heterocycles. The number of hydrogen-bond acceptors (Lipinski definition) is 2. The van der Waals surface area contributed by atoms with E-state index in [1.807, 2.05) is 7.05 Å². The van der Waals surface area contributed by atoms with Crippen LogP contribution in [0.3, 0.4) is 0 Å². The molecule has 1 N–H and O–H groups in total. The van der Waals surface area contributed by atoms with Gasteiger partial charge in [-0.25, -0.2) is 0 Å². The molecule has 100 valence electrons. The van der Waals surface area contributed by atoms with E-state index >= 15 is 0 Å². The summed E-state index contributed by atoms with van der Waals surface area (Å²) < 4.78 is 2.11. The number of aromatic nitrogens is 1. The summed E-state index contributed by atoms with van der Waals surface area (Å²) in [4.78, 5) is 13.2. The third-order valence-electron chi connectivity index (χ3n) is 4.08. The zero-order valence-corrected chi connectivity index (χ0v) is 11.0. The molecule has 0 aliphatic carbocycles. The highest BCUT2D eigenvalue weighted by atomic mass is 16.4. The van der Waals surface area contributed by atoms with E-state index in [1.54, 1.807) is 0 Å². The maximum absolute atomic E-state index is 11.0. The summed E-state index contributed by atoms with van der Waals surface area (Å²) >= 11 is 0. The monoisotopic (exact) mass is 258 g/mol. The van der Waals surface area contributed by atoms with Crippen LogP contribution in [-0.4, -0.2) is 28.7 Å². The summed E-state index contributed by atoms with van der Waals surface area (Å²) in [6.07, 6.45) is 3.54. The molecule has 1 aliphatic rings. The van der Waals surface area contributed by atoms with Gasteiger partial charge in [0.15, 0.2) is 0 Å². The zero-order chi connectivity index (χ0) is 13.4. The van der Waals surface area contributed by atoms with Crippen LogP contribution in [-0.2, 0) is 11.8 Å². The van der Waals surface area contributed by atoms with E-state index in [9.17, 15) is 4.79 Å². The van der Waals surface area contributed by atoms with Gasteiger partial charge in [0.2, 0.25) is 0 Å². The van der Waals surface area contributed by atoms with Crippen molar-refractivity contribution in [2.24, 2.45) is 13.0 Å². The summed E-state index contributed by atoms with van der Waals surface area (Å²) in [5.74, 6) is -0.824. The molecular formula is C15H18N2O2. The molecule has 0 bridgehead atoms. The summed E-state index contributed by atoms with van der Waals surface area (Å²) in [5.41, 5.74) is 2.42. The van der Waals surface area contributed by atoms with Gasteiger partial charge in [0.05, 0.1) is 5.92 Å². The predicted molar refractivity (Wildman–Crippen MR) is 75.5 cm³/mol. The van der Waals surface area contributed by atoms with Crippen LogP contribution in [0.2, 0.25) is 0 Å². The standard InChI is InChI=1S/C15H18N2O2/c1-16-7-4-12-10-13(2-3-14(12)16)17-8-5-11(6-9-17)15(18)19/h2-4,7,10-11H,5-6,8-9H2,1H3,(H,18,19). The van der Waals surface area contributed by atoms with Crippen LogP contribution in [0.4, 0.5) is 5.69 Å². The zero-order valence-electron chi connectivity index (χ0n) is 11.0. The molecule has 1 aliphatic heterocycles.